The van der Waals surface area contributed by atoms with Gasteiger partial charge in [0.25, 0.3) is 5.85 Å². The zero-order valence-corrected chi connectivity index (χ0v) is 7.18. The molecule has 0 bridgehead atoms. The van der Waals surface area contributed by atoms with Crippen molar-refractivity contribution in [3.05, 3.63) is 25.3 Å². The molecule has 0 saturated carbocycles. The summed E-state index contributed by atoms with van der Waals surface area (Å²) in [6.45, 7) is 8.14. The number of ether oxygens (including phenoxy) is 1. The van der Waals surface area contributed by atoms with Crippen LogP contribution in [0.15, 0.2) is 25.3 Å². The SMILES string of the molecule is C=CCC(F)(CC)OC(=O)C=C. The fraction of sp³-hybridized carbons (Fsp3) is 0.444. The van der Waals surface area contributed by atoms with E-state index in [1.807, 2.05) is 0 Å². The summed E-state index contributed by atoms with van der Waals surface area (Å²) < 4.78 is 17.9. The third kappa shape index (κ3) is 3.32. The summed E-state index contributed by atoms with van der Waals surface area (Å²) in [4.78, 5) is 10.6. The van der Waals surface area contributed by atoms with E-state index in [9.17, 15) is 9.18 Å². The van der Waals surface area contributed by atoms with Gasteiger partial charge < -0.3 is 4.74 Å². The highest BCUT2D eigenvalue weighted by atomic mass is 19.2. The van der Waals surface area contributed by atoms with Crippen molar-refractivity contribution in [3.8, 4) is 0 Å². The van der Waals surface area contributed by atoms with Gasteiger partial charge >= 0.3 is 5.97 Å². The van der Waals surface area contributed by atoms with Crippen LogP contribution in [0.4, 0.5) is 4.39 Å². The third-order valence-corrected chi connectivity index (χ3v) is 1.43. The second-order valence-corrected chi connectivity index (χ2v) is 2.35. The van der Waals surface area contributed by atoms with E-state index in [1.54, 1.807) is 6.92 Å². The van der Waals surface area contributed by atoms with E-state index in [1.165, 1.54) is 6.08 Å². The zero-order chi connectivity index (χ0) is 9.61. The molecule has 2 nitrogen and oxygen atoms in total. The van der Waals surface area contributed by atoms with Gasteiger partial charge in [-0.05, 0) is 0 Å². The van der Waals surface area contributed by atoms with Crippen LogP contribution >= 0.6 is 0 Å². The van der Waals surface area contributed by atoms with Gasteiger partial charge in [-0.2, -0.15) is 4.39 Å². The van der Waals surface area contributed by atoms with Crippen molar-refractivity contribution in [1.29, 1.82) is 0 Å². The molecule has 12 heavy (non-hydrogen) atoms. The van der Waals surface area contributed by atoms with Gasteiger partial charge in [0.1, 0.15) is 0 Å². The van der Waals surface area contributed by atoms with E-state index in [-0.39, 0.29) is 12.8 Å². The normalized spacial score (nSPS) is 14.5. The van der Waals surface area contributed by atoms with Crippen molar-refractivity contribution in [2.24, 2.45) is 0 Å². The Kier molecular flexibility index (Phi) is 4.26. The second-order valence-electron chi connectivity index (χ2n) is 2.35. The van der Waals surface area contributed by atoms with Crippen LogP contribution in [0.1, 0.15) is 19.8 Å². The molecule has 0 aromatic carbocycles. The van der Waals surface area contributed by atoms with Gasteiger partial charge in [0.05, 0.1) is 0 Å². The highest BCUT2D eigenvalue weighted by Gasteiger charge is 2.29. The standard InChI is InChI=1S/C9H13FO2/c1-4-7-9(10,6-3)12-8(11)5-2/h4-5H,1-2,6-7H2,3H3. The van der Waals surface area contributed by atoms with E-state index in [4.69, 9.17) is 0 Å². The van der Waals surface area contributed by atoms with Crippen LogP contribution < -0.4 is 0 Å². The van der Waals surface area contributed by atoms with Crippen molar-refractivity contribution in [2.45, 2.75) is 25.6 Å². The molecule has 0 amide bonds. The Balaban J connectivity index is 4.21. The number of alkyl halides is 1. The number of esters is 1. The second kappa shape index (κ2) is 4.70. The summed E-state index contributed by atoms with van der Waals surface area (Å²) in [6.07, 6.45) is 2.43. The monoisotopic (exact) mass is 172 g/mol. The molecule has 68 valence electrons. The first-order valence-corrected chi connectivity index (χ1v) is 3.73. The Bertz CT molecular complexity index is 189. The van der Waals surface area contributed by atoms with Gasteiger partial charge in [0.15, 0.2) is 0 Å². The molecule has 0 fully saturated rings. The summed E-state index contributed by atoms with van der Waals surface area (Å²) in [5.74, 6) is -2.67. The number of hydrogen-bond acceptors (Lipinski definition) is 2. The fourth-order valence-corrected chi connectivity index (χ4v) is 0.696. The average molecular weight is 172 g/mol. The Hall–Kier alpha value is -1.12. The minimum atomic E-state index is -1.92. The largest absolute Gasteiger partial charge is 0.425 e. The van der Waals surface area contributed by atoms with Crippen LogP contribution in [-0.2, 0) is 9.53 Å². The molecule has 0 spiro atoms. The number of rotatable bonds is 5. The van der Waals surface area contributed by atoms with Crippen LogP contribution in [-0.4, -0.2) is 11.8 Å². The van der Waals surface area contributed by atoms with Crippen molar-refractivity contribution >= 4 is 5.97 Å². The molecule has 1 atom stereocenters. The lowest BCUT2D eigenvalue weighted by atomic mass is 10.1. The first kappa shape index (κ1) is 10.9. The van der Waals surface area contributed by atoms with E-state index in [2.05, 4.69) is 17.9 Å². The lowest BCUT2D eigenvalue weighted by Gasteiger charge is -2.21. The molecule has 0 N–H and O–H groups in total. The molecule has 0 rings (SSSR count). The average Bonchev–Trinajstić information content (AvgIpc) is 2.05. The summed E-state index contributed by atoms with van der Waals surface area (Å²) >= 11 is 0. The molecule has 0 aromatic rings. The Morgan fingerprint density at radius 2 is 2.25 bits per heavy atom. The van der Waals surface area contributed by atoms with Crippen molar-refractivity contribution < 1.29 is 13.9 Å². The Morgan fingerprint density at radius 1 is 1.67 bits per heavy atom. The predicted octanol–water partition coefficient (Wildman–Crippen LogP) is 2.37. The van der Waals surface area contributed by atoms with Gasteiger partial charge in [-0.15, -0.1) is 6.58 Å². The summed E-state index contributed by atoms with van der Waals surface area (Å²) in [7, 11) is 0. The first-order chi connectivity index (χ1) is 5.58. The van der Waals surface area contributed by atoms with Crippen LogP contribution in [0.5, 0.6) is 0 Å². The lowest BCUT2D eigenvalue weighted by Crippen LogP contribution is -2.27. The van der Waals surface area contributed by atoms with Crippen molar-refractivity contribution in [3.63, 3.8) is 0 Å². The van der Waals surface area contributed by atoms with Gasteiger partial charge in [0.2, 0.25) is 0 Å². The minimum Gasteiger partial charge on any atom is -0.425 e. The van der Waals surface area contributed by atoms with E-state index in [0.717, 1.165) is 6.08 Å². The quantitative estimate of drug-likeness (QED) is 0.361. The molecule has 0 heterocycles. The Morgan fingerprint density at radius 3 is 2.58 bits per heavy atom. The summed E-state index contributed by atoms with van der Waals surface area (Å²) in [6, 6.07) is 0. The molecule has 0 aliphatic carbocycles. The molecule has 0 aliphatic heterocycles. The molecule has 0 radical (unpaired) electrons. The predicted molar refractivity (Wildman–Crippen MR) is 45.2 cm³/mol. The number of halogens is 1. The summed E-state index contributed by atoms with van der Waals surface area (Å²) in [5, 5.41) is 0. The molecule has 0 aliphatic rings. The van der Waals surface area contributed by atoms with Crippen LogP contribution in [0.3, 0.4) is 0 Å². The fourth-order valence-electron chi connectivity index (χ4n) is 0.696. The zero-order valence-electron chi connectivity index (χ0n) is 7.18. The molecule has 1 unspecified atom stereocenters. The highest BCUT2D eigenvalue weighted by molar-refractivity contribution is 5.81. The van der Waals surface area contributed by atoms with E-state index in [0.29, 0.717) is 0 Å². The first-order valence-electron chi connectivity index (χ1n) is 3.73. The smallest absolute Gasteiger partial charge is 0.332 e. The van der Waals surface area contributed by atoms with Gasteiger partial charge in [0, 0.05) is 18.9 Å². The molecular formula is C9H13FO2. The molecule has 0 aromatic heterocycles. The lowest BCUT2D eigenvalue weighted by molar-refractivity contribution is -0.176. The van der Waals surface area contributed by atoms with Gasteiger partial charge in [-0.1, -0.05) is 19.6 Å². The molecular weight excluding hydrogens is 159 g/mol. The van der Waals surface area contributed by atoms with Crippen LogP contribution in [0.2, 0.25) is 0 Å². The number of carbonyl (C=O) groups is 1. The van der Waals surface area contributed by atoms with E-state index < -0.39 is 11.8 Å². The van der Waals surface area contributed by atoms with Crippen molar-refractivity contribution in [2.75, 3.05) is 0 Å². The number of hydrogen-bond donors (Lipinski definition) is 0. The summed E-state index contributed by atoms with van der Waals surface area (Å²) in [5.41, 5.74) is 0. The number of carbonyl (C=O) groups excluding carboxylic acids is 1. The maximum Gasteiger partial charge on any atom is 0.332 e. The van der Waals surface area contributed by atoms with E-state index >= 15 is 0 Å². The third-order valence-electron chi connectivity index (χ3n) is 1.43. The topological polar surface area (TPSA) is 26.3 Å². The van der Waals surface area contributed by atoms with Gasteiger partial charge in [-0.3, -0.25) is 0 Å². The highest BCUT2D eigenvalue weighted by Crippen LogP contribution is 2.22. The maximum absolute atomic E-state index is 13.4. The van der Waals surface area contributed by atoms with Crippen molar-refractivity contribution in [1.82, 2.24) is 0 Å². The van der Waals surface area contributed by atoms with Crippen LogP contribution in [0, 0.1) is 0 Å². The molecule has 3 heteroatoms. The maximum atomic E-state index is 13.4. The minimum absolute atomic E-state index is 0.00306. The molecule has 0 saturated heterocycles. The van der Waals surface area contributed by atoms with Gasteiger partial charge in [-0.25, -0.2) is 4.79 Å². The van der Waals surface area contributed by atoms with Crippen LogP contribution in [0.25, 0.3) is 0 Å². The Labute approximate surface area is 71.7 Å².